The quantitative estimate of drug-likeness (QED) is 0.602. The van der Waals surface area contributed by atoms with Gasteiger partial charge in [-0.2, -0.15) is 0 Å². The predicted molar refractivity (Wildman–Crippen MR) is 123 cm³/mol. The Kier molecular flexibility index (Phi) is 5.20. The van der Waals surface area contributed by atoms with Gasteiger partial charge in [0, 0.05) is 31.5 Å². The molecule has 1 saturated heterocycles. The monoisotopic (exact) mass is 444 g/mol. The molecule has 3 amide bonds. The molecule has 2 bridgehead atoms. The molecule has 3 heterocycles. The van der Waals surface area contributed by atoms with Crippen molar-refractivity contribution in [2.75, 3.05) is 11.9 Å². The second kappa shape index (κ2) is 8.20. The van der Waals surface area contributed by atoms with E-state index >= 15 is 0 Å². The second-order valence-corrected chi connectivity index (χ2v) is 8.53. The van der Waals surface area contributed by atoms with E-state index in [4.69, 9.17) is 0 Å². The summed E-state index contributed by atoms with van der Waals surface area (Å²) in [5.41, 5.74) is 2.25. The maximum absolute atomic E-state index is 13.6. The highest BCUT2D eigenvalue weighted by Crippen LogP contribution is 2.28. The maximum atomic E-state index is 13.6. The third-order valence-corrected chi connectivity index (χ3v) is 6.37. The molecule has 8 nitrogen and oxygen atoms in total. The molecule has 33 heavy (non-hydrogen) atoms. The summed E-state index contributed by atoms with van der Waals surface area (Å²) in [6.07, 6.45) is 3.16. The molecule has 2 aliphatic heterocycles. The van der Waals surface area contributed by atoms with E-state index < -0.39 is 12.1 Å². The molecule has 3 aromatic rings. The molecule has 1 fully saturated rings. The lowest BCUT2D eigenvalue weighted by molar-refractivity contribution is -0.139. The Hall–Kier alpha value is -3.94. The van der Waals surface area contributed by atoms with Crippen molar-refractivity contribution in [1.82, 2.24) is 14.8 Å². The van der Waals surface area contributed by atoms with Gasteiger partial charge >= 0.3 is 0 Å². The van der Waals surface area contributed by atoms with Crippen LogP contribution in [0.2, 0.25) is 0 Å². The SMILES string of the molecule is CC(=O)N[C@@H]1Cc2cn(c3ccccc23)C(=O)c2ccccc2NC(=O)[C@@H]2CCCN2C1=O. The summed E-state index contributed by atoms with van der Waals surface area (Å²) in [7, 11) is 0. The maximum Gasteiger partial charge on any atom is 0.264 e. The minimum Gasteiger partial charge on any atom is -0.344 e. The van der Waals surface area contributed by atoms with E-state index in [1.165, 1.54) is 6.92 Å². The Morgan fingerprint density at radius 1 is 1.06 bits per heavy atom. The number of amides is 3. The number of para-hydroxylation sites is 2. The Bertz CT molecular complexity index is 1290. The number of anilines is 1. The number of hydrogen-bond acceptors (Lipinski definition) is 4. The van der Waals surface area contributed by atoms with Gasteiger partial charge in [0.05, 0.1) is 16.8 Å². The minimum absolute atomic E-state index is 0.214. The number of fused-ring (bicyclic) bond motifs is 7. The van der Waals surface area contributed by atoms with Gasteiger partial charge in [-0.25, -0.2) is 0 Å². The third kappa shape index (κ3) is 3.67. The topological polar surface area (TPSA) is 101 Å². The molecule has 168 valence electrons. The summed E-state index contributed by atoms with van der Waals surface area (Å²) >= 11 is 0. The molecule has 2 aromatic carbocycles. The fourth-order valence-corrected chi connectivity index (χ4v) is 4.87. The van der Waals surface area contributed by atoms with Crippen LogP contribution in [-0.2, 0) is 20.8 Å². The van der Waals surface area contributed by atoms with Crippen LogP contribution in [0, 0.1) is 0 Å². The fourth-order valence-electron chi connectivity index (χ4n) is 4.87. The Labute approximate surface area is 190 Å². The van der Waals surface area contributed by atoms with E-state index in [-0.39, 0.29) is 30.0 Å². The van der Waals surface area contributed by atoms with Gasteiger partial charge in [-0.3, -0.25) is 23.7 Å². The summed E-state index contributed by atoms with van der Waals surface area (Å²) in [5.74, 6) is -1.24. The third-order valence-electron chi connectivity index (χ3n) is 6.37. The zero-order valence-corrected chi connectivity index (χ0v) is 18.2. The molecule has 0 saturated carbocycles. The summed E-state index contributed by atoms with van der Waals surface area (Å²) in [6, 6.07) is 12.9. The smallest absolute Gasteiger partial charge is 0.264 e. The molecule has 2 aliphatic rings. The highest BCUT2D eigenvalue weighted by atomic mass is 16.2. The molecule has 0 unspecified atom stereocenters. The highest BCUT2D eigenvalue weighted by molar-refractivity contribution is 6.09. The number of carbonyl (C=O) groups excluding carboxylic acids is 4. The normalized spacial score (nSPS) is 20.9. The summed E-state index contributed by atoms with van der Waals surface area (Å²) in [5, 5.41) is 6.47. The van der Waals surface area contributed by atoms with E-state index in [2.05, 4.69) is 10.6 Å². The van der Waals surface area contributed by atoms with Gasteiger partial charge in [-0.1, -0.05) is 30.3 Å². The van der Waals surface area contributed by atoms with Gasteiger partial charge in [0.15, 0.2) is 0 Å². The molecule has 1 aromatic heterocycles. The van der Waals surface area contributed by atoms with Crippen LogP contribution in [0.15, 0.2) is 54.7 Å². The molecule has 0 spiro atoms. The van der Waals surface area contributed by atoms with Crippen LogP contribution in [-0.4, -0.2) is 51.7 Å². The average molecular weight is 444 g/mol. The van der Waals surface area contributed by atoms with Crippen LogP contribution < -0.4 is 10.6 Å². The second-order valence-electron chi connectivity index (χ2n) is 8.53. The summed E-state index contributed by atoms with van der Waals surface area (Å²) < 4.78 is 1.55. The van der Waals surface area contributed by atoms with E-state index in [0.717, 1.165) is 10.9 Å². The van der Waals surface area contributed by atoms with Crippen molar-refractivity contribution < 1.29 is 19.2 Å². The Morgan fingerprint density at radius 2 is 1.82 bits per heavy atom. The van der Waals surface area contributed by atoms with Crippen molar-refractivity contribution in [3.05, 3.63) is 65.9 Å². The van der Waals surface area contributed by atoms with Crippen molar-refractivity contribution in [3.63, 3.8) is 0 Å². The zero-order chi connectivity index (χ0) is 23.1. The summed E-state index contributed by atoms with van der Waals surface area (Å²) in [4.78, 5) is 53.8. The number of aromatic nitrogens is 1. The lowest BCUT2D eigenvalue weighted by Crippen LogP contribution is -2.53. The first-order valence-electron chi connectivity index (χ1n) is 11.0. The van der Waals surface area contributed by atoms with Gasteiger partial charge in [-0.05, 0) is 36.6 Å². The van der Waals surface area contributed by atoms with Crippen LogP contribution in [0.25, 0.3) is 10.9 Å². The van der Waals surface area contributed by atoms with Crippen LogP contribution >= 0.6 is 0 Å². The number of nitrogens with one attached hydrogen (secondary N) is 2. The number of carbonyl (C=O) groups is 4. The molecule has 0 radical (unpaired) electrons. The number of rotatable bonds is 1. The molecule has 8 heteroatoms. The Balaban J connectivity index is 1.71. The summed E-state index contributed by atoms with van der Waals surface area (Å²) in [6.45, 7) is 1.81. The van der Waals surface area contributed by atoms with Gasteiger partial charge in [0.1, 0.15) is 12.1 Å². The lowest BCUT2D eigenvalue weighted by Gasteiger charge is -2.28. The van der Waals surface area contributed by atoms with Gasteiger partial charge in [0.25, 0.3) is 5.91 Å². The van der Waals surface area contributed by atoms with Crippen LogP contribution in [0.5, 0.6) is 0 Å². The first-order valence-corrected chi connectivity index (χ1v) is 11.0. The number of hydrogen-bond donors (Lipinski definition) is 2. The minimum atomic E-state index is -0.839. The Morgan fingerprint density at radius 3 is 2.64 bits per heavy atom. The molecule has 0 aliphatic carbocycles. The molecular formula is C25H24N4O4. The lowest BCUT2D eigenvalue weighted by atomic mass is 10.0. The number of benzene rings is 2. The molecule has 2 atom stereocenters. The molecule has 5 rings (SSSR count). The largest absolute Gasteiger partial charge is 0.344 e. The first-order chi connectivity index (χ1) is 15.9. The standard InChI is InChI=1S/C25H24N4O4/c1-15(30)26-20-13-16-14-29(21-10-5-3-7-17(16)21)24(32)18-8-2-4-9-19(18)27-23(31)22-11-6-12-28(22)25(20)33/h2-5,7-10,14,20,22H,6,11-13H2,1H3,(H,26,30)(H,27,31)/t20-,22+/m1/s1. The zero-order valence-electron chi connectivity index (χ0n) is 18.2. The van der Waals surface area contributed by atoms with Crippen LogP contribution in [0.3, 0.4) is 0 Å². The molecular weight excluding hydrogens is 420 g/mol. The van der Waals surface area contributed by atoms with E-state index in [1.54, 1.807) is 39.9 Å². The molecule has 2 N–H and O–H groups in total. The van der Waals surface area contributed by atoms with Crippen molar-refractivity contribution in [3.8, 4) is 0 Å². The van der Waals surface area contributed by atoms with Gasteiger partial charge in [-0.15, -0.1) is 0 Å². The van der Waals surface area contributed by atoms with Crippen LogP contribution in [0.1, 0.15) is 35.7 Å². The van der Waals surface area contributed by atoms with Crippen molar-refractivity contribution in [2.45, 2.75) is 38.3 Å². The fraction of sp³-hybridized carbons (Fsp3) is 0.280. The average Bonchev–Trinajstić information content (AvgIpc) is 3.43. The van der Waals surface area contributed by atoms with Gasteiger partial charge < -0.3 is 15.5 Å². The van der Waals surface area contributed by atoms with E-state index in [9.17, 15) is 19.2 Å². The van der Waals surface area contributed by atoms with Crippen molar-refractivity contribution in [2.24, 2.45) is 0 Å². The predicted octanol–water partition coefficient (Wildman–Crippen LogP) is 2.32. The van der Waals surface area contributed by atoms with Crippen molar-refractivity contribution >= 4 is 40.2 Å². The van der Waals surface area contributed by atoms with Crippen LogP contribution in [0.4, 0.5) is 5.69 Å². The van der Waals surface area contributed by atoms with E-state index in [0.29, 0.717) is 36.2 Å². The first kappa shape index (κ1) is 20.9. The van der Waals surface area contributed by atoms with Crippen molar-refractivity contribution in [1.29, 1.82) is 0 Å². The number of nitrogens with zero attached hydrogens (tertiary/aromatic N) is 2. The highest BCUT2D eigenvalue weighted by Gasteiger charge is 2.38. The van der Waals surface area contributed by atoms with Gasteiger partial charge in [0.2, 0.25) is 17.7 Å². The van der Waals surface area contributed by atoms with E-state index in [1.807, 2.05) is 24.3 Å².